The van der Waals surface area contributed by atoms with Crippen molar-refractivity contribution in [3.05, 3.63) is 60.8 Å². The maximum Gasteiger partial charge on any atom is 0.306 e. The van der Waals surface area contributed by atoms with E-state index < -0.39 is 18.2 Å². The molecule has 0 radical (unpaired) electrons. The Morgan fingerprint density at radius 3 is 1.50 bits per heavy atom. The lowest BCUT2D eigenvalue weighted by atomic mass is 10.0. The molecule has 0 rings (SSSR count). The highest BCUT2D eigenvalue weighted by molar-refractivity contribution is 5.77. The van der Waals surface area contributed by atoms with Gasteiger partial charge in [0.25, 0.3) is 0 Å². The van der Waals surface area contributed by atoms with Crippen molar-refractivity contribution in [1.82, 2.24) is 5.32 Å². The van der Waals surface area contributed by atoms with E-state index in [0.717, 1.165) is 83.5 Å². The van der Waals surface area contributed by atoms with Gasteiger partial charge in [0.05, 0.1) is 25.2 Å². The Hall–Kier alpha value is -2.44. The molecular weight excluding hydrogens is 719 g/mol. The minimum Gasteiger partial charge on any atom is -0.462 e. The molecule has 0 aliphatic carbocycles. The van der Waals surface area contributed by atoms with Gasteiger partial charge in [-0.3, -0.25) is 9.59 Å². The lowest BCUT2D eigenvalue weighted by molar-refractivity contribution is -0.151. The first-order chi connectivity index (χ1) is 28.5. The van der Waals surface area contributed by atoms with Gasteiger partial charge >= 0.3 is 5.97 Å². The number of aliphatic hydroxyl groups is 2. The van der Waals surface area contributed by atoms with Gasteiger partial charge in [0.15, 0.2) is 0 Å². The molecule has 6 heteroatoms. The van der Waals surface area contributed by atoms with Crippen LogP contribution in [0.25, 0.3) is 0 Å². The third kappa shape index (κ3) is 40.3. The van der Waals surface area contributed by atoms with E-state index in [9.17, 15) is 19.8 Å². The fourth-order valence-electron chi connectivity index (χ4n) is 7.15. The number of unbranched alkanes of at least 4 members (excludes halogenated alkanes) is 24. The normalized spacial score (nSPS) is 13.8. The van der Waals surface area contributed by atoms with E-state index in [4.69, 9.17) is 4.74 Å². The topological polar surface area (TPSA) is 95.9 Å². The van der Waals surface area contributed by atoms with Gasteiger partial charge in [-0.2, -0.15) is 0 Å². The summed E-state index contributed by atoms with van der Waals surface area (Å²) in [4.78, 5) is 26.0. The zero-order valence-corrected chi connectivity index (χ0v) is 38.2. The molecule has 0 saturated heterocycles. The quantitative estimate of drug-likeness (QED) is 0.0247. The number of carbonyl (C=O) groups is 2. The van der Waals surface area contributed by atoms with Crippen LogP contribution in [0.5, 0.6) is 0 Å². The first-order valence-corrected chi connectivity index (χ1v) is 24.6. The Balaban J connectivity index is 4.67. The van der Waals surface area contributed by atoms with Gasteiger partial charge in [-0.15, -0.1) is 0 Å². The van der Waals surface area contributed by atoms with Gasteiger partial charge in [-0.25, -0.2) is 0 Å². The predicted molar refractivity (Wildman–Crippen MR) is 250 cm³/mol. The van der Waals surface area contributed by atoms with Crippen molar-refractivity contribution >= 4 is 11.9 Å². The number of esters is 1. The molecule has 0 spiro atoms. The van der Waals surface area contributed by atoms with Crippen LogP contribution in [0.3, 0.4) is 0 Å². The number of amides is 1. The third-order valence-corrected chi connectivity index (χ3v) is 10.9. The molecule has 3 unspecified atom stereocenters. The molecule has 0 aromatic rings. The molecule has 0 saturated carbocycles. The fraction of sp³-hybridized carbons (Fsp3) is 0.769. The Morgan fingerprint density at radius 2 is 0.931 bits per heavy atom. The van der Waals surface area contributed by atoms with Crippen molar-refractivity contribution in [2.24, 2.45) is 0 Å². The monoisotopic (exact) mass is 812 g/mol. The SMILES string of the molecule is CCC/C=C\CCCCCCCC(=O)OC(CCCCC/C=C/C=C/C=C/C=C/CCCCC)CC(=O)NC(CO)C(O)CCCCCCCCCCCCCCC. The van der Waals surface area contributed by atoms with E-state index >= 15 is 0 Å². The van der Waals surface area contributed by atoms with Crippen LogP contribution in [0, 0.1) is 0 Å². The van der Waals surface area contributed by atoms with Crippen molar-refractivity contribution in [3.63, 3.8) is 0 Å². The van der Waals surface area contributed by atoms with Gasteiger partial charge in [0, 0.05) is 6.42 Å². The molecule has 0 aromatic carbocycles. The Kier molecular flexibility index (Phi) is 43.7. The second-order valence-corrected chi connectivity index (χ2v) is 16.6. The molecule has 0 heterocycles. The smallest absolute Gasteiger partial charge is 0.306 e. The molecule has 3 atom stereocenters. The zero-order chi connectivity index (χ0) is 42.4. The number of allylic oxidation sites excluding steroid dienone is 10. The van der Waals surface area contributed by atoms with Gasteiger partial charge < -0.3 is 20.3 Å². The fourth-order valence-corrected chi connectivity index (χ4v) is 7.15. The second kappa shape index (κ2) is 45.6. The molecule has 0 aliphatic heterocycles. The van der Waals surface area contributed by atoms with Crippen molar-refractivity contribution in [2.45, 2.75) is 251 Å². The van der Waals surface area contributed by atoms with E-state index in [2.05, 4.69) is 80.8 Å². The van der Waals surface area contributed by atoms with Crippen LogP contribution in [0.2, 0.25) is 0 Å². The number of aliphatic hydroxyl groups excluding tert-OH is 2. The van der Waals surface area contributed by atoms with Crippen LogP contribution in [0.15, 0.2) is 60.8 Å². The summed E-state index contributed by atoms with van der Waals surface area (Å²) in [5.41, 5.74) is 0. The molecule has 0 bridgehead atoms. The van der Waals surface area contributed by atoms with Gasteiger partial charge in [-0.1, -0.05) is 210 Å². The van der Waals surface area contributed by atoms with E-state index in [0.29, 0.717) is 19.3 Å². The number of hydrogen-bond donors (Lipinski definition) is 3. The van der Waals surface area contributed by atoms with Gasteiger partial charge in [0.2, 0.25) is 5.91 Å². The van der Waals surface area contributed by atoms with Gasteiger partial charge in [0.1, 0.15) is 6.10 Å². The molecule has 0 aliphatic rings. The highest BCUT2D eigenvalue weighted by atomic mass is 16.5. The number of rotatable bonds is 43. The summed E-state index contributed by atoms with van der Waals surface area (Å²) in [5.74, 6) is -0.526. The van der Waals surface area contributed by atoms with Crippen LogP contribution >= 0.6 is 0 Å². The standard InChI is InChI=1S/C52H93NO5/c1-4-7-10-13-16-19-22-24-25-26-28-29-31-34-37-40-43-48(58-52(57)45-42-39-36-33-21-18-15-12-9-6-3)46-51(56)53-49(47-54)50(55)44-41-38-35-32-30-27-23-20-17-14-11-8-5-2/h12,15-16,19,22,24-26,28-29,48-50,54-55H,4-11,13-14,17-18,20-21,23,27,30-47H2,1-3H3,(H,53,56)/b15-12-,19-16+,24-22+,26-25+,29-28+. The van der Waals surface area contributed by atoms with E-state index in [1.807, 2.05) is 6.08 Å². The van der Waals surface area contributed by atoms with Crippen LogP contribution in [-0.4, -0.2) is 46.9 Å². The Labute approximate surface area is 358 Å². The summed E-state index contributed by atoms with van der Waals surface area (Å²) in [5, 5.41) is 23.7. The first-order valence-electron chi connectivity index (χ1n) is 24.6. The summed E-state index contributed by atoms with van der Waals surface area (Å²) in [6, 6.07) is -0.716. The molecule has 58 heavy (non-hydrogen) atoms. The van der Waals surface area contributed by atoms with Crippen molar-refractivity contribution in [3.8, 4) is 0 Å². The van der Waals surface area contributed by atoms with Gasteiger partial charge in [-0.05, 0) is 70.6 Å². The lowest BCUT2D eigenvalue weighted by Crippen LogP contribution is -2.46. The highest BCUT2D eigenvalue weighted by Gasteiger charge is 2.24. The molecule has 0 fully saturated rings. The summed E-state index contributed by atoms with van der Waals surface area (Å²) in [6.45, 7) is 6.36. The minimum atomic E-state index is -0.800. The summed E-state index contributed by atoms with van der Waals surface area (Å²) in [6.07, 6.45) is 55.6. The lowest BCUT2D eigenvalue weighted by Gasteiger charge is -2.24. The molecular formula is C52H93NO5. The van der Waals surface area contributed by atoms with Crippen molar-refractivity contribution in [2.75, 3.05) is 6.61 Å². The maximum absolute atomic E-state index is 13.2. The molecule has 1 amide bonds. The molecule has 0 aromatic heterocycles. The first kappa shape index (κ1) is 55.6. The van der Waals surface area contributed by atoms with E-state index in [-0.39, 0.29) is 24.9 Å². The maximum atomic E-state index is 13.2. The van der Waals surface area contributed by atoms with Crippen molar-refractivity contribution < 1.29 is 24.5 Å². The average molecular weight is 812 g/mol. The Bertz CT molecular complexity index is 1050. The Morgan fingerprint density at radius 1 is 0.500 bits per heavy atom. The number of ether oxygens (including phenoxy) is 1. The van der Waals surface area contributed by atoms with Crippen LogP contribution in [0.4, 0.5) is 0 Å². The van der Waals surface area contributed by atoms with Crippen LogP contribution < -0.4 is 5.32 Å². The summed E-state index contributed by atoms with van der Waals surface area (Å²) in [7, 11) is 0. The van der Waals surface area contributed by atoms with E-state index in [1.165, 1.54) is 103 Å². The van der Waals surface area contributed by atoms with Crippen LogP contribution in [-0.2, 0) is 14.3 Å². The second-order valence-electron chi connectivity index (χ2n) is 16.6. The van der Waals surface area contributed by atoms with Crippen LogP contribution in [0.1, 0.15) is 233 Å². The minimum absolute atomic E-state index is 0.0470. The number of carbonyl (C=O) groups excluding carboxylic acids is 2. The highest BCUT2D eigenvalue weighted by Crippen LogP contribution is 2.17. The largest absolute Gasteiger partial charge is 0.462 e. The van der Waals surface area contributed by atoms with Crippen molar-refractivity contribution in [1.29, 1.82) is 0 Å². The average Bonchev–Trinajstić information content (AvgIpc) is 3.22. The molecule has 6 nitrogen and oxygen atoms in total. The number of hydrogen-bond acceptors (Lipinski definition) is 5. The zero-order valence-electron chi connectivity index (χ0n) is 38.2. The summed E-state index contributed by atoms with van der Waals surface area (Å²) < 4.78 is 5.89. The third-order valence-electron chi connectivity index (χ3n) is 10.9. The van der Waals surface area contributed by atoms with E-state index in [1.54, 1.807) is 0 Å². The molecule has 336 valence electrons. The summed E-state index contributed by atoms with van der Waals surface area (Å²) >= 11 is 0. The molecule has 3 N–H and O–H groups in total. The number of nitrogens with one attached hydrogen (secondary N) is 1. The predicted octanol–water partition coefficient (Wildman–Crippen LogP) is 14.5.